The fourth-order valence-electron chi connectivity index (χ4n) is 2.58. The maximum Gasteiger partial charge on any atom is 0.236 e. The maximum absolute atomic E-state index is 12.3. The van der Waals surface area contributed by atoms with E-state index >= 15 is 0 Å². The van der Waals surface area contributed by atoms with Gasteiger partial charge < -0.3 is 0 Å². The molecule has 25 heavy (non-hydrogen) atoms. The van der Waals surface area contributed by atoms with Crippen LogP contribution < -0.4 is 4.72 Å². The number of fused-ring (bicyclic) bond motifs is 1. The van der Waals surface area contributed by atoms with Crippen LogP contribution in [0.4, 0.5) is 5.69 Å². The summed E-state index contributed by atoms with van der Waals surface area (Å²) >= 11 is 1.57. The van der Waals surface area contributed by atoms with Crippen LogP contribution in [0.5, 0.6) is 0 Å². The highest BCUT2D eigenvalue weighted by molar-refractivity contribution is 7.91. The number of thiazole rings is 1. The minimum atomic E-state index is -3.44. The molecule has 0 aliphatic rings. The second-order valence-corrected chi connectivity index (χ2v) is 8.24. The zero-order valence-corrected chi connectivity index (χ0v) is 14.8. The van der Waals surface area contributed by atoms with E-state index in [-0.39, 0.29) is 5.75 Å². The second-order valence-electron chi connectivity index (χ2n) is 5.64. The zero-order chi connectivity index (χ0) is 17.3. The minimum absolute atomic E-state index is 0.0487. The molecule has 2 heterocycles. The Hall–Kier alpha value is -2.64. The van der Waals surface area contributed by atoms with Gasteiger partial charge in [-0.2, -0.15) is 0 Å². The van der Waals surface area contributed by atoms with Crippen molar-refractivity contribution in [3.63, 3.8) is 0 Å². The molecule has 2 aromatic carbocycles. The van der Waals surface area contributed by atoms with Gasteiger partial charge in [0.05, 0.1) is 11.4 Å². The molecule has 0 radical (unpaired) electrons. The van der Waals surface area contributed by atoms with Crippen molar-refractivity contribution in [3.8, 4) is 11.3 Å². The van der Waals surface area contributed by atoms with Crippen LogP contribution in [0.2, 0.25) is 0 Å². The van der Waals surface area contributed by atoms with E-state index in [0.29, 0.717) is 5.69 Å². The summed E-state index contributed by atoms with van der Waals surface area (Å²) in [5.74, 6) is -0.0487. The molecule has 0 unspecified atom stereocenters. The third kappa shape index (κ3) is 3.57. The lowest BCUT2D eigenvalue weighted by molar-refractivity contribution is 0.600. The molecule has 4 rings (SSSR count). The van der Waals surface area contributed by atoms with Crippen molar-refractivity contribution >= 4 is 32.0 Å². The minimum Gasteiger partial charge on any atom is -0.297 e. The Balaban J connectivity index is 1.51. The second kappa shape index (κ2) is 6.34. The monoisotopic (exact) mass is 369 g/mol. The summed E-state index contributed by atoms with van der Waals surface area (Å²) in [6.07, 6.45) is 3.92. The van der Waals surface area contributed by atoms with Gasteiger partial charge in [-0.15, -0.1) is 11.3 Å². The lowest BCUT2D eigenvalue weighted by Crippen LogP contribution is -2.14. The molecular weight excluding hydrogens is 354 g/mol. The number of anilines is 1. The Morgan fingerprint density at radius 1 is 1.04 bits per heavy atom. The SMILES string of the molecule is O=S(=O)(Cc1ccccc1)Nc1ccc(-c2cn3ccsc3n2)cc1. The molecule has 0 saturated heterocycles. The van der Waals surface area contributed by atoms with Crippen molar-refractivity contribution in [2.75, 3.05) is 4.72 Å². The van der Waals surface area contributed by atoms with Gasteiger partial charge in [-0.3, -0.25) is 9.12 Å². The summed E-state index contributed by atoms with van der Waals surface area (Å²) in [4.78, 5) is 5.48. The summed E-state index contributed by atoms with van der Waals surface area (Å²) in [7, 11) is -3.44. The molecule has 0 amide bonds. The van der Waals surface area contributed by atoms with E-state index in [1.807, 2.05) is 52.5 Å². The van der Waals surface area contributed by atoms with Gasteiger partial charge >= 0.3 is 0 Å². The summed E-state index contributed by atoms with van der Waals surface area (Å²) < 4.78 is 29.1. The van der Waals surface area contributed by atoms with Crippen molar-refractivity contribution in [1.29, 1.82) is 0 Å². The first-order valence-electron chi connectivity index (χ1n) is 7.66. The first-order valence-corrected chi connectivity index (χ1v) is 10.2. The molecule has 126 valence electrons. The number of hydrogen-bond donors (Lipinski definition) is 1. The molecule has 0 saturated carbocycles. The normalized spacial score (nSPS) is 11.7. The van der Waals surface area contributed by atoms with Crippen LogP contribution in [0.1, 0.15) is 5.56 Å². The van der Waals surface area contributed by atoms with E-state index in [0.717, 1.165) is 21.8 Å². The number of aromatic nitrogens is 2. The fraction of sp³-hybridized carbons (Fsp3) is 0.0556. The molecule has 0 aliphatic heterocycles. The number of imidazole rings is 1. The zero-order valence-electron chi connectivity index (χ0n) is 13.2. The van der Waals surface area contributed by atoms with E-state index in [9.17, 15) is 8.42 Å². The van der Waals surface area contributed by atoms with Crippen molar-refractivity contribution in [2.24, 2.45) is 0 Å². The summed E-state index contributed by atoms with van der Waals surface area (Å²) in [6.45, 7) is 0. The molecule has 0 atom stereocenters. The summed E-state index contributed by atoms with van der Waals surface area (Å²) in [5, 5.41) is 1.98. The standard InChI is InChI=1S/C18H15N3O2S2/c22-25(23,13-14-4-2-1-3-5-14)20-16-8-6-15(7-9-16)17-12-21-10-11-24-18(21)19-17/h1-12,20H,13H2. The molecule has 1 N–H and O–H groups in total. The van der Waals surface area contributed by atoms with Crippen molar-refractivity contribution in [3.05, 3.63) is 77.9 Å². The van der Waals surface area contributed by atoms with E-state index < -0.39 is 10.0 Å². The third-order valence-electron chi connectivity index (χ3n) is 3.75. The van der Waals surface area contributed by atoms with Crippen LogP contribution in [0.25, 0.3) is 16.2 Å². The summed E-state index contributed by atoms with van der Waals surface area (Å²) in [5.41, 5.74) is 3.11. The predicted octanol–water partition coefficient (Wildman–Crippen LogP) is 4.00. The molecule has 5 nitrogen and oxygen atoms in total. The quantitative estimate of drug-likeness (QED) is 0.578. The highest BCUT2D eigenvalue weighted by atomic mass is 32.2. The van der Waals surface area contributed by atoms with Crippen molar-refractivity contribution in [2.45, 2.75) is 5.75 Å². The number of nitrogens with zero attached hydrogens (tertiary/aromatic N) is 2. The highest BCUT2D eigenvalue weighted by Crippen LogP contribution is 2.23. The van der Waals surface area contributed by atoms with Crippen LogP contribution in [0.15, 0.2) is 72.4 Å². The Bertz CT molecular complexity index is 1070. The molecule has 0 spiro atoms. The van der Waals surface area contributed by atoms with E-state index in [2.05, 4.69) is 9.71 Å². The highest BCUT2D eigenvalue weighted by Gasteiger charge is 2.12. The van der Waals surface area contributed by atoms with Gasteiger partial charge in [0.25, 0.3) is 0 Å². The summed E-state index contributed by atoms with van der Waals surface area (Å²) in [6, 6.07) is 16.4. The van der Waals surface area contributed by atoms with Gasteiger partial charge in [0.1, 0.15) is 0 Å². The van der Waals surface area contributed by atoms with Crippen molar-refractivity contribution in [1.82, 2.24) is 9.38 Å². The number of nitrogens with one attached hydrogen (secondary N) is 1. The van der Waals surface area contributed by atoms with Crippen LogP contribution in [0, 0.1) is 0 Å². The lowest BCUT2D eigenvalue weighted by atomic mass is 10.1. The van der Waals surface area contributed by atoms with Gasteiger partial charge in [-0.05, 0) is 17.7 Å². The average Bonchev–Trinajstić information content (AvgIpc) is 3.17. The maximum atomic E-state index is 12.3. The largest absolute Gasteiger partial charge is 0.297 e. The van der Waals surface area contributed by atoms with E-state index in [4.69, 9.17) is 0 Å². The number of benzene rings is 2. The first-order chi connectivity index (χ1) is 12.1. The van der Waals surface area contributed by atoms with Gasteiger partial charge in [-0.25, -0.2) is 13.4 Å². The molecule has 2 aromatic heterocycles. The average molecular weight is 369 g/mol. The molecular formula is C18H15N3O2S2. The smallest absolute Gasteiger partial charge is 0.236 e. The fourth-order valence-corrected chi connectivity index (χ4v) is 4.48. The number of hydrogen-bond acceptors (Lipinski definition) is 4. The van der Waals surface area contributed by atoms with Crippen LogP contribution in [-0.4, -0.2) is 17.8 Å². The van der Waals surface area contributed by atoms with Gasteiger partial charge in [0.15, 0.2) is 4.96 Å². The predicted molar refractivity (Wildman–Crippen MR) is 101 cm³/mol. The molecule has 0 bridgehead atoms. The Kier molecular flexibility index (Phi) is 4.03. The van der Waals surface area contributed by atoms with Gasteiger partial charge in [0.2, 0.25) is 10.0 Å². The molecule has 0 aliphatic carbocycles. The van der Waals surface area contributed by atoms with Crippen LogP contribution in [-0.2, 0) is 15.8 Å². The molecule has 7 heteroatoms. The van der Waals surface area contributed by atoms with Crippen LogP contribution in [0.3, 0.4) is 0 Å². The lowest BCUT2D eigenvalue weighted by Gasteiger charge is -2.08. The molecule has 4 aromatic rings. The van der Waals surface area contributed by atoms with Crippen molar-refractivity contribution < 1.29 is 8.42 Å². The third-order valence-corrected chi connectivity index (χ3v) is 5.78. The molecule has 0 fully saturated rings. The Morgan fingerprint density at radius 3 is 2.52 bits per heavy atom. The van der Waals surface area contributed by atoms with Gasteiger partial charge in [0, 0.05) is 29.0 Å². The van der Waals surface area contributed by atoms with E-state index in [1.165, 1.54) is 0 Å². The Labute approximate surface area is 149 Å². The Morgan fingerprint density at radius 2 is 1.80 bits per heavy atom. The van der Waals surface area contributed by atoms with Gasteiger partial charge in [-0.1, -0.05) is 42.5 Å². The first kappa shape index (κ1) is 15.9. The topological polar surface area (TPSA) is 63.5 Å². The number of sulfonamides is 1. The number of rotatable bonds is 5. The van der Waals surface area contributed by atoms with Crippen LogP contribution >= 0.6 is 11.3 Å². The van der Waals surface area contributed by atoms with E-state index in [1.54, 1.807) is 35.6 Å².